The Balaban J connectivity index is 2.78. The molecule has 2 amide bonds. The molecule has 0 radical (unpaired) electrons. The molecule has 1 aromatic carbocycles. The van der Waals surface area contributed by atoms with Crippen molar-refractivity contribution in [3.05, 3.63) is 35.4 Å². The summed E-state index contributed by atoms with van der Waals surface area (Å²) in [5.41, 5.74) is 6.02. The summed E-state index contributed by atoms with van der Waals surface area (Å²) in [6.45, 7) is 3.55. The van der Waals surface area contributed by atoms with E-state index in [1.165, 1.54) is 24.3 Å². The fourth-order valence-corrected chi connectivity index (χ4v) is 2.02. The van der Waals surface area contributed by atoms with Gasteiger partial charge in [0.1, 0.15) is 6.04 Å². The number of carbonyl (C=O) groups is 3. The molecule has 7 heteroatoms. The summed E-state index contributed by atoms with van der Waals surface area (Å²) in [4.78, 5) is 35.2. The van der Waals surface area contributed by atoms with Crippen LogP contribution >= 0.6 is 0 Å². The largest absolute Gasteiger partial charge is 0.466 e. The van der Waals surface area contributed by atoms with E-state index < -0.39 is 29.7 Å². The summed E-state index contributed by atoms with van der Waals surface area (Å²) in [5.74, 6) is -2.20. The lowest BCUT2D eigenvalue weighted by molar-refractivity contribution is -0.144. The van der Waals surface area contributed by atoms with Gasteiger partial charge in [-0.3, -0.25) is 14.4 Å². The van der Waals surface area contributed by atoms with Crippen LogP contribution in [-0.2, 0) is 14.3 Å². The minimum atomic E-state index is -0.998. The second-order valence-corrected chi connectivity index (χ2v) is 5.03. The Labute approximate surface area is 134 Å². The van der Waals surface area contributed by atoms with Crippen LogP contribution in [-0.4, -0.2) is 30.4 Å². The molecule has 0 saturated carbocycles. The number of nitriles is 1. The van der Waals surface area contributed by atoms with E-state index in [-0.39, 0.29) is 13.0 Å². The molecular formula is C16H19N3O4. The molecule has 0 aliphatic rings. The molecule has 0 fully saturated rings. The minimum absolute atomic E-state index is 0.0326. The maximum Gasteiger partial charge on any atom is 0.306 e. The van der Waals surface area contributed by atoms with Crippen molar-refractivity contribution in [2.75, 3.05) is 6.61 Å². The normalized spacial score (nSPS) is 12.6. The van der Waals surface area contributed by atoms with E-state index in [2.05, 4.69) is 5.32 Å². The third-order valence-electron chi connectivity index (χ3n) is 3.23. The number of amides is 2. The van der Waals surface area contributed by atoms with Gasteiger partial charge in [0.25, 0.3) is 5.91 Å². The number of nitrogens with zero attached hydrogens (tertiary/aromatic N) is 1. The zero-order chi connectivity index (χ0) is 17.4. The summed E-state index contributed by atoms with van der Waals surface area (Å²) in [5, 5.41) is 11.2. The zero-order valence-corrected chi connectivity index (χ0v) is 13.0. The molecular weight excluding hydrogens is 298 g/mol. The molecule has 1 rings (SSSR count). The van der Waals surface area contributed by atoms with Gasteiger partial charge >= 0.3 is 5.97 Å². The fraction of sp³-hybridized carbons (Fsp3) is 0.375. The Morgan fingerprint density at radius 2 is 1.91 bits per heavy atom. The molecule has 0 aliphatic heterocycles. The van der Waals surface area contributed by atoms with Gasteiger partial charge in [-0.05, 0) is 37.1 Å². The van der Waals surface area contributed by atoms with Gasteiger partial charge in [-0.25, -0.2) is 0 Å². The van der Waals surface area contributed by atoms with Crippen molar-refractivity contribution in [1.29, 1.82) is 5.26 Å². The van der Waals surface area contributed by atoms with Crippen molar-refractivity contribution in [2.24, 2.45) is 11.7 Å². The quantitative estimate of drug-likeness (QED) is 0.718. The summed E-state index contributed by atoms with van der Waals surface area (Å²) in [6.07, 6.45) is -0.0326. The van der Waals surface area contributed by atoms with E-state index in [4.69, 9.17) is 15.7 Å². The summed E-state index contributed by atoms with van der Waals surface area (Å²) in [6, 6.07) is 6.89. The lowest BCUT2D eigenvalue weighted by atomic mass is 9.97. The van der Waals surface area contributed by atoms with Gasteiger partial charge in [-0.2, -0.15) is 5.26 Å². The van der Waals surface area contributed by atoms with E-state index in [1.807, 2.05) is 6.07 Å². The maximum absolute atomic E-state index is 12.2. The first-order chi connectivity index (χ1) is 10.9. The van der Waals surface area contributed by atoms with E-state index >= 15 is 0 Å². The third kappa shape index (κ3) is 5.43. The van der Waals surface area contributed by atoms with Crippen molar-refractivity contribution in [1.82, 2.24) is 5.32 Å². The van der Waals surface area contributed by atoms with E-state index in [9.17, 15) is 14.4 Å². The van der Waals surface area contributed by atoms with Crippen LogP contribution in [0.25, 0.3) is 0 Å². The van der Waals surface area contributed by atoms with Crippen LogP contribution in [0.4, 0.5) is 0 Å². The van der Waals surface area contributed by atoms with E-state index in [1.54, 1.807) is 13.8 Å². The van der Waals surface area contributed by atoms with E-state index in [0.29, 0.717) is 11.1 Å². The number of nitrogens with two attached hydrogens (primary N) is 1. The number of nitrogens with one attached hydrogen (secondary N) is 1. The van der Waals surface area contributed by atoms with Crippen LogP contribution in [0.15, 0.2) is 24.3 Å². The van der Waals surface area contributed by atoms with E-state index in [0.717, 1.165) is 0 Å². The van der Waals surface area contributed by atoms with Crippen LogP contribution in [0.2, 0.25) is 0 Å². The molecule has 122 valence electrons. The first-order valence-electron chi connectivity index (χ1n) is 7.15. The Morgan fingerprint density at radius 1 is 1.30 bits per heavy atom. The number of hydrogen-bond donors (Lipinski definition) is 2. The molecule has 1 aromatic rings. The molecule has 0 aromatic heterocycles. The Morgan fingerprint density at radius 3 is 2.39 bits per heavy atom. The van der Waals surface area contributed by atoms with Crippen LogP contribution < -0.4 is 11.1 Å². The van der Waals surface area contributed by atoms with Crippen LogP contribution in [0.3, 0.4) is 0 Å². The van der Waals surface area contributed by atoms with Gasteiger partial charge in [-0.1, -0.05) is 6.92 Å². The number of benzene rings is 1. The second-order valence-electron chi connectivity index (χ2n) is 5.03. The number of carbonyl (C=O) groups excluding carboxylic acids is 3. The first kappa shape index (κ1) is 18.2. The monoisotopic (exact) mass is 317 g/mol. The second kappa shape index (κ2) is 8.54. The summed E-state index contributed by atoms with van der Waals surface area (Å²) >= 11 is 0. The molecule has 0 spiro atoms. The van der Waals surface area contributed by atoms with Crippen molar-refractivity contribution in [3.63, 3.8) is 0 Å². The maximum atomic E-state index is 12.2. The topological polar surface area (TPSA) is 122 Å². The SMILES string of the molecule is CCOC(=O)C[C@H](C)[C@@H](NC(=O)c1ccc(C#N)cc1)C(N)=O. The molecule has 0 bridgehead atoms. The Hall–Kier alpha value is -2.88. The van der Waals surface area contributed by atoms with Gasteiger partial charge in [0.05, 0.1) is 24.7 Å². The molecule has 23 heavy (non-hydrogen) atoms. The van der Waals surface area contributed by atoms with Crippen molar-refractivity contribution >= 4 is 17.8 Å². The van der Waals surface area contributed by atoms with Crippen molar-refractivity contribution in [2.45, 2.75) is 26.3 Å². The van der Waals surface area contributed by atoms with Gasteiger partial charge in [-0.15, -0.1) is 0 Å². The zero-order valence-electron chi connectivity index (χ0n) is 13.0. The van der Waals surface area contributed by atoms with Gasteiger partial charge in [0, 0.05) is 5.56 Å². The first-order valence-corrected chi connectivity index (χ1v) is 7.15. The lowest BCUT2D eigenvalue weighted by Gasteiger charge is -2.21. The number of primary amides is 1. The third-order valence-corrected chi connectivity index (χ3v) is 3.23. The predicted molar refractivity (Wildman–Crippen MR) is 82.0 cm³/mol. The molecule has 7 nitrogen and oxygen atoms in total. The van der Waals surface area contributed by atoms with Crippen LogP contribution in [0.1, 0.15) is 36.2 Å². The number of esters is 1. The standard InChI is InChI=1S/C16H19N3O4/c1-3-23-13(20)8-10(2)14(15(18)21)19-16(22)12-6-4-11(9-17)5-7-12/h4-7,10,14H,3,8H2,1-2H3,(H2,18,21)(H,19,22)/t10-,14+/m0/s1. The Kier molecular flexibility index (Phi) is 6.74. The van der Waals surface area contributed by atoms with Crippen LogP contribution in [0.5, 0.6) is 0 Å². The average molecular weight is 317 g/mol. The highest BCUT2D eigenvalue weighted by Gasteiger charge is 2.27. The number of hydrogen-bond acceptors (Lipinski definition) is 5. The Bertz CT molecular complexity index is 619. The lowest BCUT2D eigenvalue weighted by Crippen LogP contribution is -2.49. The highest BCUT2D eigenvalue weighted by molar-refractivity contribution is 5.97. The highest BCUT2D eigenvalue weighted by Crippen LogP contribution is 2.11. The molecule has 0 heterocycles. The number of ether oxygens (including phenoxy) is 1. The summed E-state index contributed by atoms with van der Waals surface area (Å²) in [7, 11) is 0. The molecule has 0 saturated heterocycles. The average Bonchev–Trinajstić information content (AvgIpc) is 2.52. The van der Waals surface area contributed by atoms with Gasteiger partial charge in [0.2, 0.25) is 5.91 Å². The minimum Gasteiger partial charge on any atom is -0.466 e. The highest BCUT2D eigenvalue weighted by atomic mass is 16.5. The molecule has 3 N–H and O–H groups in total. The molecule has 2 atom stereocenters. The molecule has 0 unspecified atom stereocenters. The fourth-order valence-electron chi connectivity index (χ4n) is 2.02. The van der Waals surface area contributed by atoms with Crippen LogP contribution in [0, 0.1) is 17.2 Å². The number of rotatable bonds is 7. The van der Waals surface area contributed by atoms with Gasteiger partial charge in [0.15, 0.2) is 0 Å². The predicted octanol–water partition coefficient (Wildman–Crippen LogP) is 0.731. The smallest absolute Gasteiger partial charge is 0.306 e. The van der Waals surface area contributed by atoms with Gasteiger partial charge < -0.3 is 15.8 Å². The molecule has 0 aliphatic carbocycles. The van der Waals surface area contributed by atoms with Crippen molar-refractivity contribution < 1.29 is 19.1 Å². The summed E-state index contributed by atoms with van der Waals surface area (Å²) < 4.78 is 4.82. The van der Waals surface area contributed by atoms with Crippen molar-refractivity contribution in [3.8, 4) is 6.07 Å².